The van der Waals surface area contributed by atoms with Gasteiger partial charge in [0.25, 0.3) is 0 Å². The topological polar surface area (TPSA) is 108 Å². The molecule has 36 heavy (non-hydrogen) atoms. The van der Waals surface area contributed by atoms with Crippen molar-refractivity contribution in [3.05, 3.63) is 29.8 Å². The minimum Gasteiger partial charge on any atom is -0.508 e. The Hall–Kier alpha value is -2.42. The van der Waals surface area contributed by atoms with E-state index in [0.717, 1.165) is 25.7 Å². The Morgan fingerprint density at radius 3 is 2.39 bits per heavy atom. The van der Waals surface area contributed by atoms with Gasteiger partial charge in [-0.15, -0.1) is 0 Å². The molecule has 3 N–H and O–H groups in total. The van der Waals surface area contributed by atoms with E-state index in [4.69, 9.17) is 4.74 Å². The van der Waals surface area contributed by atoms with Crippen molar-refractivity contribution in [3.63, 3.8) is 0 Å². The molecule has 1 aromatic carbocycles. The zero-order chi connectivity index (χ0) is 27.1. The molecule has 0 aromatic heterocycles. The summed E-state index contributed by atoms with van der Waals surface area (Å²) in [6.45, 7) is 10.2. The maximum Gasteiger partial charge on any atom is 0.408 e. The predicted molar refractivity (Wildman–Crippen MR) is 146 cm³/mol. The normalized spacial score (nSPS) is 12.9. The van der Waals surface area contributed by atoms with E-state index in [0.29, 0.717) is 37.2 Å². The lowest BCUT2D eigenvalue weighted by Gasteiger charge is -2.34. The van der Waals surface area contributed by atoms with Gasteiger partial charge in [-0.05, 0) is 69.7 Å². The number of rotatable bonds is 15. The second-order valence-corrected chi connectivity index (χ2v) is 10.8. The third-order valence-corrected chi connectivity index (χ3v) is 6.10. The number of ether oxygens (including phenoxy) is 1. The lowest BCUT2D eigenvalue weighted by Crippen LogP contribution is -2.53. The van der Waals surface area contributed by atoms with Crippen LogP contribution in [0.2, 0.25) is 0 Å². The first kappa shape index (κ1) is 31.6. The average molecular weight is 524 g/mol. The lowest BCUT2D eigenvalue weighted by molar-refractivity contribution is -0.142. The summed E-state index contributed by atoms with van der Waals surface area (Å²) in [5, 5.41) is 15.8. The number of nitrogens with one attached hydrogen (secondary N) is 2. The summed E-state index contributed by atoms with van der Waals surface area (Å²) in [7, 11) is 0. The Bertz CT molecular complexity index is 828. The van der Waals surface area contributed by atoms with Crippen molar-refractivity contribution in [2.75, 3.05) is 25.1 Å². The minimum absolute atomic E-state index is 0.0191. The van der Waals surface area contributed by atoms with Crippen molar-refractivity contribution < 1.29 is 24.2 Å². The van der Waals surface area contributed by atoms with Gasteiger partial charge in [0.1, 0.15) is 23.4 Å². The van der Waals surface area contributed by atoms with Gasteiger partial charge < -0.3 is 25.4 Å². The number of alkyl carbamates (subject to hydrolysis) is 1. The Morgan fingerprint density at radius 1 is 1.11 bits per heavy atom. The van der Waals surface area contributed by atoms with Crippen molar-refractivity contribution in [2.24, 2.45) is 0 Å². The molecule has 0 heterocycles. The van der Waals surface area contributed by atoms with E-state index in [1.807, 2.05) is 13.2 Å². The molecule has 0 fully saturated rings. The molecule has 0 bridgehead atoms. The number of nitrogens with zero attached hydrogens (tertiary/aromatic N) is 1. The van der Waals surface area contributed by atoms with Crippen molar-refractivity contribution in [3.8, 4) is 5.75 Å². The maximum absolute atomic E-state index is 14.0. The molecule has 2 unspecified atom stereocenters. The lowest BCUT2D eigenvalue weighted by atomic mass is 10.0. The molecule has 8 nitrogen and oxygen atoms in total. The molecule has 0 aliphatic heterocycles. The highest BCUT2D eigenvalue weighted by molar-refractivity contribution is 7.98. The highest BCUT2D eigenvalue weighted by Gasteiger charge is 2.36. The zero-order valence-corrected chi connectivity index (χ0v) is 23.6. The quantitative estimate of drug-likeness (QED) is 0.279. The van der Waals surface area contributed by atoms with Crippen LogP contribution in [-0.2, 0) is 14.3 Å². The largest absolute Gasteiger partial charge is 0.508 e. The van der Waals surface area contributed by atoms with Gasteiger partial charge in [-0.25, -0.2) is 4.79 Å². The molecule has 0 aliphatic rings. The molecular formula is C27H45N3O5S. The van der Waals surface area contributed by atoms with Crippen LogP contribution in [0, 0.1) is 0 Å². The second kappa shape index (κ2) is 16.3. The molecule has 2 atom stereocenters. The summed E-state index contributed by atoms with van der Waals surface area (Å²) in [6.07, 6.45) is 5.96. The number of aromatic hydroxyl groups is 1. The van der Waals surface area contributed by atoms with E-state index in [-0.39, 0.29) is 17.6 Å². The molecule has 1 rings (SSSR count). The number of unbranched alkanes of at least 4 members (excludes halogenated alkanes) is 3. The van der Waals surface area contributed by atoms with E-state index in [9.17, 15) is 19.5 Å². The highest BCUT2D eigenvalue weighted by atomic mass is 32.2. The number of hydrogen-bond acceptors (Lipinski definition) is 6. The molecule has 0 saturated carbocycles. The van der Waals surface area contributed by atoms with Crippen LogP contribution < -0.4 is 10.6 Å². The molecule has 0 radical (unpaired) electrons. The summed E-state index contributed by atoms with van der Waals surface area (Å²) < 4.78 is 5.41. The van der Waals surface area contributed by atoms with Crippen LogP contribution in [-0.4, -0.2) is 64.7 Å². The first-order valence-electron chi connectivity index (χ1n) is 12.9. The van der Waals surface area contributed by atoms with E-state index >= 15 is 0 Å². The number of carbonyl (C=O) groups excluding carboxylic acids is 3. The Labute approximate surface area is 220 Å². The Kier molecular flexibility index (Phi) is 14.4. The third kappa shape index (κ3) is 11.5. The fourth-order valence-corrected chi connectivity index (χ4v) is 4.17. The summed E-state index contributed by atoms with van der Waals surface area (Å²) in [6, 6.07) is 4.66. The molecule has 204 valence electrons. The number of phenols is 1. The molecule has 0 aliphatic carbocycles. The van der Waals surface area contributed by atoms with Gasteiger partial charge >= 0.3 is 6.09 Å². The monoisotopic (exact) mass is 523 g/mol. The van der Waals surface area contributed by atoms with Crippen molar-refractivity contribution in [1.29, 1.82) is 0 Å². The van der Waals surface area contributed by atoms with Crippen LogP contribution in [0.25, 0.3) is 0 Å². The molecule has 1 aromatic rings. The number of hydrogen-bond donors (Lipinski definition) is 3. The standard InChI is InChI=1S/C27H45N3O5S/c1-7-9-11-17-30(25(33)22(15-18-36-6)29-26(34)35-27(3,4)5)23(24(32)28-16-10-8-2)20-13-12-14-21(31)19-20/h12-14,19,22-23,31H,7-11,15-18H2,1-6H3,(H,28,32)(H,29,34). The Morgan fingerprint density at radius 2 is 1.81 bits per heavy atom. The third-order valence-electron chi connectivity index (χ3n) is 5.46. The SMILES string of the molecule is CCCCCN(C(=O)C(CCSC)NC(=O)OC(C)(C)C)C(C(=O)NCCCC)c1cccc(O)c1. The van der Waals surface area contributed by atoms with Crippen LogP contribution in [0.3, 0.4) is 0 Å². The van der Waals surface area contributed by atoms with Crippen molar-refractivity contribution in [2.45, 2.75) is 90.8 Å². The van der Waals surface area contributed by atoms with Crippen LogP contribution in [0.4, 0.5) is 4.79 Å². The zero-order valence-electron chi connectivity index (χ0n) is 22.8. The maximum atomic E-state index is 14.0. The van der Waals surface area contributed by atoms with Crippen LogP contribution in [0.5, 0.6) is 5.75 Å². The fourth-order valence-electron chi connectivity index (χ4n) is 3.69. The molecule has 9 heteroatoms. The average Bonchev–Trinajstić information content (AvgIpc) is 2.79. The van der Waals surface area contributed by atoms with Gasteiger partial charge in [-0.1, -0.05) is 45.2 Å². The first-order valence-corrected chi connectivity index (χ1v) is 14.3. The van der Waals surface area contributed by atoms with Crippen molar-refractivity contribution >= 4 is 29.7 Å². The van der Waals surface area contributed by atoms with E-state index < -0.39 is 23.8 Å². The molecule has 0 spiro atoms. The summed E-state index contributed by atoms with van der Waals surface area (Å²) >= 11 is 1.57. The fraction of sp³-hybridized carbons (Fsp3) is 0.667. The first-order chi connectivity index (χ1) is 17.0. The van der Waals surface area contributed by atoms with E-state index in [1.165, 1.54) is 12.1 Å². The molecule has 3 amide bonds. The van der Waals surface area contributed by atoms with Crippen LogP contribution >= 0.6 is 11.8 Å². The van der Waals surface area contributed by atoms with Gasteiger partial charge in [0.2, 0.25) is 11.8 Å². The minimum atomic E-state index is -0.935. The number of phenolic OH excluding ortho intramolecular Hbond substituents is 1. The summed E-state index contributed by atoms with van der Waals surface area (Å²) in [4.78, 5) is 41.6. The second-order valence-electron chi connectivity index (χ2n) is 9.86. The van der Waals surface area contributed by atoms with E-state index in [2.05, 4.69) is 17.6 Å². The molecule has 0 saturated heterocycles. The van der Waals surface area contributed by atoms with Gasteiger partial charge in [0.05, 0.1) is 0 Å². The number of carbonyl (C=O) groups is 3. The summed E-state index contributed by atoms with van der Waals surface area (Å²) in [5.41, 5.74) is -0.184. The number of amides is 3. The van der Waals surface area contributed by atoms with Crippen LogP contribution in [0.1, 0.15) is 84.7 Å². The number of thioether (sulfide) groups is 1. The predicted octanol–water partition coefficient (Wildman–Crippen LogP) is 5.01. The van der Waals surface area contributed by atoms with Gasteiger partial charge in [0, 0.05) is 13.1 Å². The summed E-state index contributed by atoms with van der Waals surface area (Å²) in [5.74, 6) is 0.0181. The number of benzene rings is 1. The Balaban J connectivity index is 3.40. The molecular weight excluding hydrogens is 478 g/mol. The van der Waals surface area contributed by atoms with Crippen LogP contribution in [0.15, 0.2) is 24.3 Å². The highest BCUT2D eigenvalue weighted by Crippen LogP contribution is 2.26. The van der Waals surface area contributed by atoms with Crippen molar-refractivity contribution in [1.82, 2.24) is 15.5 Å². The van der Waals surface area contributed by atoms with E-state index in [1.54, 1.807) is 49.6 Å². The van der Waals surface area contributed by atoms with Gasteiger partial charge in [0.15, 0.2) is 0 Å². The van der Waals surface area contributed by atoms with Gasteiger partial charge in [-0.3, -0.25) is 9.59 Å². The van der Waals surface area contributed by atoms with Gasteiger partial charge in [-0.2, -0.15) is 11.8 Å². The smallest absolute Gasteiger partial charge is 0.408 e.